The van der Waals surface area contributed by atoms with Gasteiger partial charge in [0.1, 0.15) is 0 Å². The zero-order chi connectivity index (χ0) is 11.6. The molecule has 0 unspecified atom stereocenters. The average molecular weight is 223 g/mol. The number of hydrogen-bond acceptors (Lipinski definition) is 3. The Kier molecular flexibility index (Phi) is 6.61. The highest BCUT2D eigenvalue weighted by Gasteiger charge is 1.95. The quantitative estimate of drug-likeness (QED) is 0.687. The smallest absolute Gasteiger partial charge is 0.0713 e. The second-order valence-electron chi connectivity index (χ2n) is 3.67. The van der Waals surface area contributed by atoms with Crippen molar-refractivity contribution >= 4 is 5.69 Å². The van der Waals surface area contributed by atoms with Gasteiger partial charge in [0.05, 0.1) is 13.2 Å². The first-order valence-corrected chi connectivity index (χ1v) is 5.76. The molecule has 0 spiro atoms. The predicted molar refractivity (Wildman–Crippen MR) is 66.8 cm³/mol. The van der Waals surface area contributed by atoms with Crippen molar-refractivity contribution in [2.75, 3.05) is 32.2 Å². The maximum atomic E-state index is 5.40. The van der Waals surface area contributed by atoms with Crippen LogP contribution in [0.1, 0.15) is 18.9 Å². The first kappa shape index (κ1) is 13.0. The second kappa shape index (κ2) is 8.13. The molecule has 1 aromatic rings. The molecule has 0 radical (unpaired) electrons. The average Bonchev–Trinajstić information content (AvgIpc) is 2.30. The van der Waals surface area contributed by atoms with Crippen molar-refractivity contribution in [2.24, 2.45) is 0 Å². The highest BCUT2D eigenvalue weighted by atomic mass is 16.5. The van der Waals surface area contributed by atoms with Crippen molar-refractivity contribution in [2.45, 2.75) is 20.0 Å². The summed E-state index contributed by atoms with van der Waals surface area (Å²) >= 11 is 0. The Bertz CT molecular complexity index is 289. The third-order valence-corrected chi connectivity index (χ3v) is 2.16. The van der Waals surface area contributed by atoms with Crippen LogP contribution in [0.3, 0.4) is 0 Å². The molecular formula is C13H21NO2. The van der Waals surface area contributed by atoms with Gasteiger partial charge >= 0.3 is 0 Å². The van der Waals surface area contributed by atoms with Crippen LogP contribution < -0.4 is 5.32 Å². The molecule has 1 N–H and O–H groups in total. The van der Waals surface area contributed by atoms with E-state index < -0.39 is 0 Å². The standard InChI is InChI=1S/C13H21NO2/c1-3-8-16-9-7-14-13-6-4-5-12(10-13)11-15-2/h4-6,10,14H,3,7-9,11H2,1-2H3. The molecule has 16 heavy (non-hydrogen) atoms. The fourth-order valence-electron chi connectivity index (χ4n) is 1.45. The molecular weight excluding hydrogens is 202 g/mol. The van der Waals surface area contributed by atoms with Gasteiger partial charge < -0.3 is 14.8 Å². The Morgan fingerprint density at radius 2 is 2.12 bits per heavy atom. The molecule has 0 atom stereocenters. The summed E-state index contributed by atoms with van der Waals surface area (Å²) < 4.78 is 10.5. The van der Waals surface area contributed by atoms with Crippen molar-refractivity contribution < 1.29 is 9.47 Å². The minimum atomic E-state index is 0.655. The number of anilines is 1. The lowest BCUT2D eigenvalue weighted by Gasteiger charge is -2.08. The van der Waals surface area contributed by atoms with E-state index in [1.54, 1.807) is 7.11 Å². The molecule has 0 amide bonds. The van der Waals surface area contributed by atoms with E-state index in [0.717, 1.165) is 31.9 Å². The van der Waals surface area contributed by atoms with Gasteiger partial charge in [-0.05, 0) is 24.1 Å². The fraction of sp³-hybridized carbons (Fsp3) is 0.538. The van der Waals surface area contributed by atoms with Crippen LogP contribution in [0.2, 0.25) is 0 Å². The van der Waals surface area contributed by atoms with Crippen LogP contribution in [0.15, 0.2) is 24.3 Å². The van der Waals surface area contributed by atoms with Gasteiger partial charge in [-0.1, -0.05) is 19.1 Å². The third-order valence-electron chi connectivity index (χ3n) is 2.16. The minimum absolute atomic E-state index is 0.655. The number of nitrogens with one attached hydrogen (secondary N) is 1. The van der Waals surface area contributed by atoms with Crippen LogP contribution in [-0.4, -0.2) is 26.9 Å². The summed E-state index contributed by atoms with van der Waals surface area (Å²) in [4.78, 5) is 0. The van der Waals surface area contributed by atoms with Gasteiger partial charge in [0, 0.05) is 25.9 Å². The molecule has 1 aromatic carbocycles. The van der Waals surface area contributed by atoms with Gasteiger partial charge in [0.15, 0.2) is 0 Å². The number of benzene rings is 1. The maximum absolute atomic E-state index is 5.40. The second-order valence-corrected chi connectivity index (χ2v) is 3.67. The van der Waals surface area contributed by atoms with Crippen molar-refractivity contribution in [1.82, 2.24) is 0 Å². The van der Waals surface area contributed by atoms with E-state index in [2.05, 4.69) is 30.4 Å². The number of methoxy groups -OCH3 is 1. The van der Waals surface area contributed by atoms with E-state index in [-0.39, 0.29) is 0 Å². The van der Waals surface area contributed by atoms with Gasteiger partial charge in [0.25, 0.3) is 0 Å². The highest BCUT2D eigenvalue weighted by Crippen LogP contribution is 2.10. The number of hydrogen-bond donors (Lipinski definition) is 1. The van der Waals surface area contributed by atoms with Crippen LogP contribution in [0, 0.1) is 0 Å². The van der Waals surface area contributed by atoms with Crippen molar-refractivity contribution in [1.29, 1.82) is 0 Å². The zero-order valence-electron chi connectivity index (χ0n) is 10.2. The lowest BCUT2D eigenvalue weighted by Crippen LogP contribution is -2.09. The SMILES string of the molecule is CCCOCCNc1cccc(COC)c1. The molecule has 0 aliphatic rings. The van der Waals surface area contributed by atoms with Crippen LogP contribution in [0.5, 0.6) is 0 Å². The third kappa shape index (κ3) is 5.14. The van der Waals surface area contributed by atoms with Crippen molar-refractivity contribution in [3.8, 4) is 0 Å². The van der Waals surface area contributed by atoms with E-state index in [1.807, 2.05) is 6.07 Å². The Balaban J connectivity index is 2.27. The summed E-state index contributed by atoms with van der Waals surface area (Å²) in [5.74, 6) is 0. The van der Waals surface area contributed by atoms with Crippen LogP contribution in [0.4, 0.5) is 5.69 Å². The molecule has 0 aliphatic heterocycles. The van der Waals surface area contributed by atoms with Crippen molar-refractivity contribution in [3.05, 3.63) is 29.8 Å². The first-order valence-electron chi connectivity index (χ1n) is 5.76. The molecule has 0 fully saturated rings. The zero-order valence-corrected chi connectivity index (χ0v) is 10.2. The summed E-state index contributed by atoms with van der Waals surface area (Å²) in [6, 6.07) is 8.24. The number of ether oxygens (including phenoxy) is 2. The first-order chi connectivity index (χ1) is 7.86. The largest absolute Gasteiger partial charge is 0.383 e. The summed E-state index contributed by atoms with van der Waals surface area (Å²) in [6.45, 7) is 5.20. The topological polar surface area (TPSA) is 30.5 Å². The highest BCUT2D eigenvalue weighted by molar-refractivity contribution is 5.45. The van der Waals surface area contributed by atoms with E-state index >= 15 is 0 Å². The van der Waals surface area contributed by atoms with Gasteiger partial charge in [0.2, 0.25) is 0 Å². The Labute approximate surface area is 97.8 Å². The molecule has 0 aliphatic carbocycles. The summed E-state index contributed by atoms with van der Waals surface area (Å²) in [7, 11) is 1.71. The van der Waals surface area contributed by atoms with Crippen LogP contribution in [0.25, 0.3) is 0 Å². The lowest BCUT2D eigenvalue weighted by molar-refractivity contribution is 0.144. The van der Waals surface area contributed by atoms with E-state index in [9.17, 15) is 0 Å². The molecule has 1 rings (SSSR count). The Hall–Kier alpha value is -1.06. The van der Waals surface area contributed by atoms with E-state index in [4.69, 9.17) is 9.47 Å². The molecule has 0 bridgehead atoms. The minimum Gasteiger partial charge on any atom is -0.383 e. The maximum Gasteiger partial charge on any atom is 0.0713 e. The van der Waals surface area contributed by atoms with Gasteiger partial charge in [-0.3, -0.25) is 0 Å². The van der Waals surface area contributed by atoms with Crippen LogP contribution >= 0.6 is 0 Å². The predicted octanol–water partition coefficient (Wildman–Crippen LogP) is 2.67. The fourth-order valence-corrected chi connectivity index (χ4v) is 1.45. The van der Waals surface area contributed by atoms with Gasteiger partial charge in [-0.25, -0.2) is 0 Å². The lowest BCUT2D eigenvalue weighted by atomic mass is 10.2. The van der Waals surface area contributed by atoms with Crippen LogP contribution in [-0.2, 0) is 16.1 Å². The summed E-state index contributed by atoms with van der Waals surface area (Å²) in [5.41, 5.74) is 2.30. The Morgan fingerprint density at radius 3 is 2.88 bits per heavy atom. The van der Waals surface area contributed by atoms with Gasteiger partial charge in [-0.2, -0.15) is 0 Å². The molecule has 0 heterocycles. The molecule has 0 saturated carbocycles. The van der Waals surface area contributed by atoms with Crippen molar-refractivity contribution in [3.63, 3.8) is 0 Å². The molecule has 3 heteroatoms. The molecule has 90 valence electrons. The molecule has 3 nitrogen and oxygen atoms in total. The van der Waals surface area contributed by atoms with E-state index in [1.165, 1.54) is 5.56 Å². The molecule has 0 saturated heterocycles. The number of rotatable bonds is 8. The monoisotopic (exact) mass is 223 g/mol. The summed E-state index contributed by atoms with van der Waals surface area (Å²) in [5, 5.41) is 3.32. The Morgan fingerprint density at radius 1 is 1.25 bits per heavy atom. The van der Waals surface area contributed by atoms with E-state index in [0.29, 0.717) is 6.61 Å². The summed E-state index contributed by atoms with van der Waals surface area (Å²) in [6.07, 6.45) is 1.07. The van der Waals surface area contributed by atoms with Gasteiger partial charge in [-0.15, -0.1) is 0 Å². The normalized spacial score (nSPS) is 10.4. The molecule has 0 aromatic heterocycles.